The Hall–Kier alpha value is -2.03. The number of carboxylic acids is 1. The Morgan fingerprint density at radius 2 is 1.81 bits per heavy atom. The lowest BCUT2D eigenvalue weighted by Gasteiger charge is -2.11. The molecule has 1 rings (SSSR count). The van der Waals surface area contributed by atoms with Crippen molar-refractivity contribution in [3.63, 3.8) is 0 Å². The molecule has 0 fully saturated rings. The van der Waals surface area contributed by atoms with Crippen LogP contribution < -0.4 is 5.32 Å². The second-order valence-corrected chi connectivity index (χ2v) is 5.98. The summed E-state index contributed by atoms with van der Waals surface area (Å²) in [6.07, 6.45) is -0.315. The fourth-order valence-corrected chi connectivity index (χ4v) is 2.41. The molecule has 116 valence electrons. The maximum absolute atomic E-state index is 12.5. The molecule has 0 heterocycles. The molecular formula is C12H13F2NO5S. The smallest absolute Gasteiger partial charge is 0.341 e. The van der Waals surface area contributed by atoms with Crippen LogP contribution in [0.4, 0.5) is 14.5 Å². The predicted octanol–water partition coefficient (Wildman–Crippen LogP) is 1.88. The number of carbonyl (C=O) groups excluding carboxylic acids is 1. The van der Waals surface area contributed by atoms with E-state index in [0.29, 0.717) is 0 Å². The number of anilines is 1. The van der Waals surface area contributed by atoms with Crippen LogP contribution in [0.5, 0.6) is 0 Å². The molecule has 9 heteroatoms. The first-order chi connectivity index (χ1) is 9.75. The number of rotatable bonds is 7. The van der Waals surface area contributed by atoms with Crippen LogP contribution in [0.2, 0.25) is 0 Å². The minimum absolute atomic E-state index is 0.0604. The fraction of sp³-hybridized carbons (Fsp3) is 0.333. The van der Waals surface area contributed by atoms with Crippen molar-refractivity contribution in [1.29, 1.82) is 0 Å². The molecule has 1 aromatic carbocycles. The van der Waals surface area contributed by atoms with Crippen LogP contribution in [0, 0.1) is 0 Å². The molecule has 0 spiro atoms. The number of halogens is 2. The highest BCUT2D eigenvalue weighted by atomic mass is 32.2. The Bertz CT molecular complexity index is 630. The van der Waals surface area contributed by atoms with Crippen LogP contribution >= 0.6 is 0 Å². The van der Waals surface area contributed by atoms with Gasteiger partial charge in [0.2, 0.25) is 15.7 Å². The monoisotopic (exact) mass is 321 g/mol. The van der Waals surface area contributed by atoms with Gasteiger partial charge >= 0.3 is 11.7 Å². The number of alkyl halides is 2. The molecule has 21 heavy (non-hydrogen) atoms. The van der Waals surface area contributed by atoms with Crippen LogP contribution in [0.1, 0.15) is 19.3 Å². The molecule has 0 saturated heterocycles. The number of para-hydroxylation sites is 1. The van der Waals surface area contributed by atoms with Crippen molar-refractivity contribution in [2.24, 2.45) is 0 Å². The molecule has 0 radical (unpaired) electrons. The summed E-state index contributed by atoms with van der Waals surface area (Å²) < 4.78 is 48.0. The van der Waals surface area contributed by atoms with E-state index in [1.807, 2.05) is 0 Å². The third-order valence-corrected chi connectivity index (χ3v) is 3.93. The topological polar surface area (TPSA) is 101 Å². The second-order valence-electron chi connectivity index (χ2n) is 4.10. The van der Waals surface area contributed by atoms with Gasteiger partial charge in [-0.2, -0.15) is 8.78 Å². The van der Waals surface area contributed by atoms with E-state index in [1.54, 1.807) is 0 Å². The van der Waals surface area contributed by atoms with E-state index in [2.05, 4.69) is 5.32 Å². The van der Waals surface area contributed by atoms with Crippen LogP contribution in [0.15, 0.2) is 29.2 Å². The van der Waals surface area contributed by atoms with Gasteiger partial charge < -0.3 is 10.4 Å². The number of benzene rings is 1. The third-order valence-electron chi connectivity index (χ3n) is 2.50. The molecular weight excluding hydrogens is 308 g/mol. The molecule has 0 unspecified atom stereocenters. The third kappa shape index (κ3) is 4.78. The summed E-state index contributed by atoms with van der Waals surface area (Å²) in [4.78, 5) is 21.2. The van der Waals surface area contributed by atoms with E-state index < -0.39 is 32.4 Å². The van der Waals surface area contributed by atoms with Gasteiger partial charge in [0.05, 0.1) is 10.6 Å². The number of hydrogen-bond donors (Lipinski definition) is 2. The average molecular weight is 321 g/mol. The minimum Gasteiger partial charge on any atom is -0.481 e. The zero-order valence-corrected chi connectivity index (χ0v) is 11.6. The van der Waals surface area contributed by atoms with E-state index in [1.165, 1.54) is 18.2 Å². The molecule has 0 aliphatic rings. The van der Waals surface area contributed by atoms with E-state index in [4.69, 9.17) is 5.11 Å². The first-order valence-electron chi connectivity index (χ1n) is 5.88. The lowest BCUT2D eigenvalue weighted by Crippen LogP contribution is -2.17. The Balaban J connectivity index is 2.86. The van der Waals surface area contributed by atoms with Gasteiger partial charge in [-0.25, -0.2) is 8.42 Å². The van der Waals surface area contributed by atoms with Crippen molar-refractivity contribution >= 4 is 27.4 Å². The summed E-state index contributed by atoms with van der Waals surface area (Å²) in [5.74, 6) is -5.31. The van der Waals surface area contributed by atoms with Gasteiger partial charge in [0, 0.05) is 12.8 Å². The average Bonchev–Trinajstić information content (AvgIpc) is 2.38. The number of carboxylic acid groups (broad SMARTS) is 1. The summed E-state index contributed by atoms with van der Waals surface area (Å²) in [5.41, 5.74) is -0.252. The van der Waals surface area contributed by atoms with E-state index >= 15 is 0 Å². The summed E-state index contributed by atoms with van der Waals surface area (Å²) in [7, 11) is -4.83. The highest BCUT2D eigenvalue weighted by Crippen LogP contribution is 2.26. The molecule has 6 nitrogen and oxygen atoms in total. The summed E-state index contributed by atoms with van der Waals surface area (Å²) in [6.45, 7) is 0. The highest BCUT2D eigenvalue weighted by molar-refractivity contribution is 7.91. The molecule has 2 N–H and O–H groups in total. The van der Waals surface area contributed by atoms with Gasteiger partial charge in [-0.15, -0.1) is 0 Å². The second kappa shape index (κ2) is 7.11. The predicted molar refractivity (Wildman–Crippen MR) is 69.7 cm³/mol. The molecule has 0 atom stereocenters. The summed E-state index contributed by atoms with van der Waals surface area (Å²) >= 11 is 0. The first kappa shape index (κ1) is 17.0. The lowest BCUT2D eigenvalue weighted by molar-refractivity contribution is -0.137. The van der Waals surface area contributed by atoms with Gasteiger partial charge in [0.1, 0.15) is 0 Å². The Morgan fingerprint density at radius 3 is 2.38 bits per heavy atom. The van der Waals surface area contributed by atoms with Crippen molar-refractivity contribution in [2.75, 3.05) is 5.32 Å². The van der Waals surface area contributed by atoms with Crippen LogP contribution in [0.3, 0.4) is 0 Å². The minimum atomic E-state index is -4.83. The SMILES string of the molecule is O=C(O)CCCC(=O)Nc1ccccc1S(=O)(=O)C(F)F. The van der Waals surface area contributed by atoms with Crippen molar-refractivity contribution in [2.45, 2.75) is 29.9 Å². The number of amides is 1. The van der Waals surface area contributed by atoms with Gasteiger partial charge in [0.15, 0.2) is 0 Å². The van der Waals surface area contributed by atoms with Crippen molar-refractivity contribution < 1.29 is 31.9 Å². The van der Waals surface area contributed by atoms with Crippen LogP contribution in [-0.4, -0.2) is 31.2 Å². The maximum Gasteiger partial charge on any atom is 0.341 e. The normalized spacial score (nSPS) is 11.4. The number of sulfone groups is 1. The number of hydrogen-bond acceptors (Lipinski definition) is 4. The molecule has 0 saturated carbocycles. The molecule has 1 amide bonds. The zero-order valence-electron chi connectivity index (χ0n) is 10.8. The van der Waals surface area contributed by atoms with E-state index in [9.17, 15) is 26.8 Å². The first-order valence-corrected chi connectivity index (χ1v) is 7.42. The Kier molecular flexibility index (Phi) is 5.77. The number of carbonyl (C=O) groups is 2. The van der Waals surface area contributed by atoms with E-state index in [0.717, 1.165) is 6.07 Å². The number of nitrogens with one attached hydrogen (secondary N) is 1. The standard InChI is InChI=1S/C12H13F2NO5S/c13-12(14)21(19,20)9-5-2-1-4-8(9)15-10(16)6-3-7-11(17)18/h1-2,4-5,12H,3,6-7H2,(H,15,16)(H,17,18). The van der Waals surface area contributed by atoms with Gasteiger partial charge in [-0.05, 0) is 18.6 Å². The van der Waals surface area contributed by atoms with Crippen molar-refractivity contribution in [1.82, 2.24) is 0 Å². The quantitative estimate of drug-likeness (QED) is 0.798. The zero-order chi connectivity index (χ0) is 16.0. The Labute approximate surface area is 119 Å². The maximum atomic E-state index is 12.5. The highest BCUT2D eigenvalue weighted by Gasteiger charge is 2.29. The molecule has 0 aliphatic heterocycles. The number of aliphatic carboxylic acids is 1. The summed E-state index contributed by atoms with van der Waals surface area (Å²) in [5, 5.41) is 10.6. The van der Waals surface area contributed by atoms with E-state index in [-0.39, 0.29) is 24.9 Å². The van der Waals surface area contributed by atoms with Gasteiger partial charge in [0.25, 0.3) is 0 Å². The Morgan fingerprint density at radius 1 is 1.19 bits per heavy atom. The summed E-state index contributed by atoms with van der Waals surface area (Å²) in [6, 6.07) is 4.80. The molecule has 0 aromatic heterocycles. The van der Waals surface area contributed by atoms with Gasteiger partial charge in [-0.3, -0.25) is 9.59 Å². The molecule has 0 aliphatic carbocycles. The lowest BCUT2D eigenvalue weighted by atomic mass is 10.2. The molecule has 0 bridgehead atoms. The van der Waals surface area contributed by atoms with Crippen LogP contribution in [0.25, 0.3) is 0 Å². The largest absolute Gasteiger partial charge is 0.481 e. The van der Waals surface area contributed by atoms with Crippen molar-refractivity contribution in [3.8, 4) is 0 Å². The van der Waals surface area contributed by atoms with Gasteiger partial charge in [-0.1, -0.05) is 12.1 Å². The van der Waals surface area contributed by atoms with Crippen LogP contribution in [-0.2, 0) is 19.4 Å². The molecule has 1 aromatic rings. The fourth-order valence-electron chi connectivity index (χ4n) is 1.53. The van der Waals surface area contributed by atoms with Crippen molar-refractivity contribution in [3.05, 3.63) is 24.3 Å².